The van der Waals surface area contributed by atoms with Gasteiger partial charge in [-0.25, -0.2) is 14.2 Å². The molecule has 1 fully saturated rings. The maximum absolute atomic E-state index is 13.4. The predicted molar refractivity (Wildman–Crippen MR) is 97.1 cm³/mol. The van der Waals surface area contributed by atoms with Crippen molar-refractivity contribution in [1.82, 2.24) is 10.3 Å². The molecule has 142 valence electrons. The molecule has 3 N–H and O–H groups in total. The fourth-order valence-corrected chi connectivity index (χ4v) is 3.32. The first kappa shape index (κ1) is 18.6. The van der Waals surface area contributed by atoms with Crippen molar-refractivity contribution in [3.05, 3.63) is 42.3 Å². The quantitative estimate of drug-likeness (QED) is 0.747. The lowest BCUT2D eigenvalue weighted by atomic mass is 10.0. The molecule has 0 bridgehead atoms. The van der Waals surface area contributed by atoms with Crippen LogP contribution in [0.4, 0.5) is 15.0 Å². The Kier molecular flexibility index (Phi) is 5.54. The zero-order chi connectivity index (χ0) is 19.4. The molecule has 0 aliphatic heterocycles. The molecule has 3 rings (SSSR count). The van der Waals surface area contributed by atoms with Gasteiger partial charge in [0.2, 0.25) is 5.91 Å². The molecule has 8 heteroatoms. The number of amides is 2. The van der Waals surface area contributed by atoms with E-state index in [1.54, 1.807) is 24.4 Å². The third-order valence-corrected chi connectivity index (χ3v) is 4.62. The normalized spacial score (nSPS) is 18.7. The van der Waals surface area contributed by atoms with Gasteiger partial charge in [-0.2, -0.15) is 0 Å². The Labute approximate surface area is 155 Å². The van der Waals surface area contributed by atoms with Gasteiger partial charge in [-0.1, -0.05) is 0 Å². The van der Waals surface area contributed by atoms with Crippen LogP contribution in [0.1, 0.15) is 19.3 Å². The van der Waals surface area contributed by atoms with Gasteiger partial charge in [0.15, 0.2) is 0 Å². The predicted octanol–water partition coefficient (Wildman–Crippen LogP) is 3.27. The van der Waals surface area contributed by atoms with Crippen molar-refractivity contribution in [3.63, 3.8) is 0 Å². The third-order valence-electron chi connectivity index (χ3n) is 4.62. The van der Waals surface area contributed by atoms with Crippen LogP contribution < -0.4 is 15.4 Å². The molecule has 1 heterocycles. The Hall–Kier alpha value is -3.16. The van der Waals surface area contributed by atoms with Gasteiger partial charge in [0, 0.05) is 29.8 Å². The minimum absolute atomic E-state index is 0.194. The monoisotopic (exact) mass is 373 g/mol. The van der Waals surface area contributed by atoms with E-state index in [1.807, 2.05) is 0 Å². The number of hydrogen-bond donors (Lipinski definition) is 3. The Balaban J connectivity index is 1.71. The Morgan fingerprint density at radius 1 is 1.26 bits per heavy atom. The number of benzene rings is 1. The number of carbonyl (C=O) groups excluding carboxylic acids is 1. The molecular weight excluding hydrogens is 353 g/mol. The number of carbonyl (C=O) groups is 2. The molecule has 7 nitrogen and oxygen atoms in total. The van der Waals surface area contributed by atoms with Gasteiger partial charge in [-0.15, -0.1) is 0 Å². The van der Waals surface area contributed by atoms with Crippen molar-refractivity contribution in [2.45, 2.75) is 25.3 Å². The number of halogens is 1. The molecule has 1 unspecified atom stereocenters. The van der Waals surface area contributed by atoms with Crippen LogP contribution in [0, 0.1) is 11.7 Å². The molecule has 27 heavy (non-hydrogen) atoms. The number of pyridine rings is 1. The summed E-state index contributed by atoms with van der Waals surface area (Å²) in [6, 6.07) is 7.46. The van der Waals surface area contributed by atoms with Crippen LogP contribution in [-0.2, 0) is 4.79 Å². The highest BCUT2D eigenvalue weighted by molar-refractivity contribution is 5.92. The van der Waals surface area contributed by atoms with Crippen molar-refractivity contribution in [1.29, 1.82) is 0 Å². The summed E-state index contributed by atoms with van der Waals surface area (Å²) in [7, 11) is 1.46. The maximum Gasteiger partial charge on any atom is 0.404 e. The van der Waals surface area contributed by atoms with E-state index >= 15 is 0 Å². The largest absolute Gasteiger partial charge is 0.496 e. The number of nitrogens with one attached hydrogen (secondary N) is 2. The molecule has 2 aromatic rings. The summed E-state index contributed by atoms with van der Waals surface area (Å²) in [5, 5.41) is 14.0. The van der Waals surface area contributed by atoms with Crippen molar-refractivity contribution >= 4 is 17.8 Å². The number of methoxy groups -OCH3 is 1. The fraction of sp³-hybridized carbons (Fsp3) is 0.316. The average Bonchev–Trinajstić information content (AvgIpc) is 3.09. The lowest BCUT2D eigenvalue weighted by Crippen LogP contribution is -2.32. The molecule has 1 aromatic carbocycles. The number of anilines is 1. The molecule has 0 saturated heterocycles. The van der Waals surface area contributed by atoms with Crippen LogP contribution >= 0.6 is 0 Å². The van der Waals surface area contributed by atoms with Crippen LogP contribution in [0.15, 0.2) is 36.5 Å². The number of ether oxygens (including phenoxy) is 1. The van der Waals surface area contributed by atoms with E-state index < -0.39 is 11.9 Å². The second-order valence-electron chi connectivity index (χ2n) is 6.42. The van der Waals surface area contributed by atoms with Crippen LogP contribution in [0.25, 0.3) is 11.1 Å². The van der Waals surface area contributed by atoms with Gasteiger partial charge in [0.05, 0.1) is 7.11 Å². The first-order valence-electron chi connectivity index (χ1n) is 8.56. The second-order valence-corrected chi connectivity index (χ2v) is 6.42. The second kappa shape index (κ2) is 8.03. The maximum atomic E-state index is 13.4. The molecule has 1 aliphatic carbocycles. The van der Waals surface area contributed by atoms with Gasteiger partial charge >= 0.3 is 6.09 Å². The summed E-state index contributed by atoms with van der Waals surface area (Å²) in [5.74, 6) is -0.104. The standard InChI is InChI=1S/C19H20FN3O4/c1-27-16-10-13(20)3-5-15(16)11-6-7-21-17(9-11)23-18(24)12-2-4-14(8-12)22-19(25)26/h3,5-7,9-10,12,14,22H,2,4,8H2,1H3,(H,25,26)(H,21,23,24)/t12-,14?/m1/s1. The lowest BCUT2D eigenvalue weighted by Gasteiger charge is -2.13. The number of nitrogens with zero attached hydrogens (tertiary/aromatic N) is 1. The average molecular weight is 373 g/mol. The Bertz CT molecular complexity index is 859. The molecular formula is C19H20FN3O4. The number of rotatable bonds is 5. The van der Waals surface area contributed by atoms with Crippen LogP contribution in [-0.4, -0.2) is 35.2 Å². The molecule has 2 amide bonds. The molecule has 2 atom stereocenters. The molecule has 1 aliphatic rings. The van der Waals surface area contributed by atoms with Crippen molar-refractivity contribution in [2.24, 2.45) is 5.92 Å². The van der Waals surface area contributed by atoms with Crippen molar-refractivity contribution in [2.75, 3.05) is 12.4 Å². The van der Waals surface area contributed by atoms with Gasteiger partial charge in [0.1, 0.15) is 17.4 Å². The minimum atomic E-state index is -1.08. The summed E-state index contributed by atoms with van der Waals surface area (Å²) in [6.07, 6.45) is 2.18. The van der Waals surface area contributed by atoms with E-state index in [1.165, 1.54) is 19.2 Å². The summed E-state index contributed by atoms with van der Waals surface area (Å²) < 4.78 is 18.6. The van der Waals surface area contributed by atoms with E-state index in [2.05, 4.69) is 15.6 Å². The van der Waals surface area contributed by atoms with E-state index in [9.17, 15) is 14.0 Å². The summed E-state index contributed by atoms with van der Waals surface area (Å²) in [6.45, 7) is 0. The van der Waals surface area contributed by atoms with Crippen LogP contribution in [0.2, 0.25) is 0 Å². The highest BCUT2D eigenvalue weighted by Crippen LogP contribution is 2.32. The SMILES string of the molecule is COc1cc(F)ccc1-c1ccnc(NC(=O)[C@@H]2CCC(NC(=O)O)C2)c1. The van der Waals surface area contributed by atoms with Gasteiger partial charge in [-0.3, -0.25) is 4.79 Å². The highest BCUT2D eigenvalue weighted by Gasteiger charge is 2.31. The Morgan fingerprint density at radius 2 is 2.07 bits per heavy atom. The van der Waals surface area contributed by atoms with Gasteiger partial charge < -0.3 is 20.5 Å². The van der Waals surface area contributed by atoms with Crippen LogP contribution in [0.5, 0.6) is 5.75 Å². The number of aromatic nitrogens is 1. The van der Waals surface area contributed by atoms with E-state index in [4.69, 9.17) is 9.84 Å². The topological polar surface area (TPSA) is 101 Å². The first-order chi connectivity index (χ1) is 13.0. The first-order valence-corrected chi connectivity index (χ1v) is 8.56. The zero-order valence-corrected chi connectivity index (χ0v) is 14.7. The van der Waals surface area contributed by atoms with E-state index in [-0.39, 0.29) is 17.9 Å². The minimum Gasteiger partial charge on any atom is -0.496 e. The van der Waals surface area contributed by atoms with Crippen molar-refractivity contribution in [3.8, 4) is 16.9 Å². The third kappa shape index (κ3) is 4.52. The summed E-state index contributed by atoms with van der Waals surface area (Å²) in [4.78, 5) is 27.3. The molecule has 1 aromatic heterocycles. The fourth-order valence-electron chi connectivity index (χ4n) is 3.32. The van der Waals surface area contributed by atoms with E-state index in [0.29, 0.717) is 36.4 Å². The van der Waals surface area contributed by atoms with E-state index in [0.717, 1.165) is 5.56 Å². The van der Waals surface area contributed by atoms with Gasteiger partial charge in [0.25, 0.3) is 0 Å². The Morgan fingerprint density at radius 3 is 2.81 bits per heavy atom. The molecule has 0 radical (unpaired) electrons. The summed E-state index contributed by atoms with van der Waals surface area (Å²) in [5.41, 5.74) is 1.41. The smallest absolute Gasteiger partial charge is 0.404 e. The number of carboxylic acid groups (broad SMARTS) is 1. The molecule has 1 saturated carbocycles. The van der Waals surface area contributed by atoms with Crippen molar-refractivity contribution < 1.29 is 23.8 Å². The van der Waals surface area contributed by atoms with Gasteiger partial charge in [-0.05, 0) is 49.1 Å². The molecule has 0 spiro atoms. The zero-order valence-electron chi connectivity index (χ0n) is 14.7. The highest BCUT2D eigenvalue weighted by atomic mass is 19.1. The summed E-state index contributed by atoms with van der Waals surface area (Å²) >= 11 is 0. The van der Waals surface area contributed by atoms with Crippen LogP contribution in [0.3, 0.4) is 0 Å². The number of hydrogen-bond acceptors (Lipinski definition) is 4. The lowest BCUT2D eigenvalue weighted by molar-refractivity contribution is -0.119.